The summed E-state index contributed by atoms with van der Waals surface area (Å²) in [4.78, 5) is 11.3. The van der Waals surface area contributed by atoms with Gasteiger partial charge in [0.1, 0.15) is 6.61 Å². The molecule has 0 atom stereocenters. The predicted molar refractivity (Wildman–Crippen MR) is 65.8 cm³/mol. The molecule has 0 spiro atoms. The highest BCUT2D eigenvalue weighted by Gasteiger charge is 2.03. The normalized spacial score (nSPS) is 10.5. The average molecular weight is 273 g/mol. The van der Waals surface area contributed by atoms with E-state index in [1.54, 1.807) is 0 Å². The third-order valence-corrected chi connectivity index (χ3v) is 2.30. The van der Waals surface area contributed by atoms with Gasteiger partial charge < -0.3 is 14.8 Å². The Hall–Kier alpha value is -1.69. The zero-order chi connectivity index (χ0) is 13.9. The summed E-state index contributed by atoms with van der Waals surface area (Å²) in [5.74, 6) is 0. The summed E-state index contributed by atoms with van der Waals surface area (Å²) in [5, 5.41) is 2.54. The van der Waals surface area contributed by atoms with Crippen molar-refractivity contribution in [1.82, 2.24) is 5.32 Å². The number of benzene rings is 1. The van der Waals surface area contributed by atoms with E-state index in [2.05, 4.69) is 10.1 Å². The second-order valence-electron chi connectivity index (χ2n) is 3.83. The van der Waals surface area contributed by atoms with Gasteiger partial charge in [0.15, 0.2) is 0 Å². The van der Waals surface area contributed by atoms with E-state index in [9.17, 15) is 13.6 Å². The minimum atomic E-state index is -2.73. The van der Waals surface area contributed by atoms with Gasteiger partial charge in [-0.1, -0.05) is 30.3 Å². The van der Waals surface area contributed by atoms with Gasteiger partial charge in [0.05, 0.1) is 6.61 Å². The molecule has 0 aliphatic rings. The molecule has 4 nitrogen and oxygen atoms in total. The summed E-state index contributed by atoms with van der Waals surface area (Å²) in [7, 11) is 0. The zero-order valence-electron chi connectivity index (χ0n) is 10.5. The third kappa shape index (κ3) is 8.10. The van der Waals surface area contributed by atoms with Crippen molar-refractivity contribution in [2.45, 2.75) is 26.1 Å². The highest BCUT2D eigenvalue weighted by atomic mass is 19.3. The molecule has 1 amide bonds. The van der Waals surface area contributed by atoms with Crippen LogP contribution in [0.5, 0.6) is 0 Å². The molecule has 1 aromatic rings. The van der Waals surface area contributed by atoms with Crippen LogP contribution in [0.1, 0.15) is 18.4 Å². The Balaban J connectivity index is 1.99. The molecule has 0 saturated carbocycles. The summed E-state index contributed by atoms with van der Waals surface area (Å²) in [6.45, 7) is -2.16. The molecule has 0 fully saturated rings. The van der Waals surface area contributed by atoms with Crippen LogP contribution in [-0.4, -0.2) is 25.9 Å². The van der Waals surface area contributed by atoms with E-state index in [1.165, 1.54) is 0 Å². The van der Waals surface area contributed by atoms with Crippen LogP contribution in [0, 0.1) is 0 Å². The second-order valence-corrected chi connectivity index (χ2v) is 3.83. The molecule has 1 rings (SSSR count). The predicted octanol–water partition coefficient (Wildman–Crippen LogP) is 2.93. The maximum absolute atomic E-state index is 11.6. The number of rotatable bonds is 8. The third-order valence-electron chi connectivity index (χ3n) is 2.30. The van der Waals surface area contributed by atoms with Gasteiger partial charge in [-0.3, -0.25) is 0 Å². The average Bonchev–Trinajstić information content (AvgIpc) is 2.41. The molecule has 1 N–H and O–H groups in total. The summed E-state index contributed by atoms with van der Waals surface area (Å²) in [5.41, 5.74) is 0.906. The van der Waals surface area contributed by atoms with Crippen LogP contribution < -0.4 is 5.32 Å². The molecule has 0 aliphatic heterocycles. The van der Waals surface area contributed by atoms with Gasteiger partial charge in [0.25, 0.3) is 0 Å². The summed E-state index contributed by atoms with van der Waals surface area (Å²) >= 11 is 0. The Morgan fingerprint density at radius 2 is 1.95 bits per heavy atom. The molecule has 0 unspecified atom stereocenters. The summed E-state index contributed by atoms with van der Waals surface area (Å²) in [6.07, 6.45) is 0.509. The first-order chi connectivity index (χ1) is 9.18. The molecule has 106 valence electrons. The van der Waals surface area contributed by atoms with Crippen molar-refractivity contribution in [3.05, 3.63) is 35.9 Å². The van der Waals surface area contributed by atoms with Crippen molar-refractivity contribution in [2.75, 3.05) is 13.2 Å². The van der Waals surface area contributed by atoms with Crippen LogP contribution in [0.3, 0.4) is 0 Å². The fourth-order valence-electron chi connectivity index (χ4n) is 1.36. The van der Waals surface area contributed by atoms with E-state index >= 15 is 0 Å². The van der Waals surface area contributed by atoms with Gasteiger partial charge in [0.2, 0.25) is 0 Å². The minimum absolute atomic E-state index is 0.0155. The smallest absolute Gasteiger partial charge is 0.407 e. The standard InChI is InChI=1S/C13H17F2NO3/c14-12(15)18-9-5-4-8-16-13(17)19-10-11-6-2-1-3-7-11/h1-3,6-7,12H,4-5,8-10H2,(H,16,17). The molecule has 19 heavy (non-hydrogen) atoms. The first kappa shape index (κ1) is 15.4. The lowest BCUT2D eigenvalue weighted by Crippen LogP contribution is -2.25. The second kappa shape index (κ2) is 9.27. The molecule has 0 aromatic heterocycles. The lowest BCUT2D eigenvalue weighted by molar-refractivity contribution is -0.129. The number of nitrogens with one attached hydrogen (secondary N) is 1. The topological polar surface area (TPSA) is 47.6 Å². The molecule has 0 bridgehead atoms. The SMILES string of the molecule is O=C(NCCCCOC(F)F)OCc1ccccc1. The molecule has 6 heteroatoms. The van der Waals surface area contributed by atoms with Crippen molar-refractivity contribution in [3.63, 3.8) is 0 Å². The monoisotopic (exact) mass is 273 g/mol. The first-order valence-electron chi connectivity index (χ1n) is 6.03. The van der Waals surface area contributed by atoms with Crippen molar-refractivity contribution < 1.29 is 23.0 Å². The minimum Gasteiger partial charge on any atom is -0.445 e. The lowest BCUT2D eigenvalue weighted by Gasteiger charge is -2.07. The fraction of sp³-hybridized carbons (Fsp3) is 0.462. The van der Waals surface area contributed by atoms with Gasteiger partial charge in [-0.25, -0.2) is 4.79 Å². The molecule has 1 aromatic carbocycles. The molecule has 0 saturated heterocycles. The number of halogens is 2. The van der Waals surface area contributed by atoms with Crippen molar-refractivity contribution in [3.8, 4) is 0 Å². The lowest BCUT2D eigenvalue weighted by atomic mass is 10.2. The van der Waals surface area contributed by atoms with Gasteiger partial charge >= 0.3 is 12.7 Å². The van der Waals surface area contributed by atoms with Crippen LogP contribution in [0.2, 0.25) is 0 Å². The number of amides is 1. The van der Waals surface area contributed by atoms with Gasteiger partial charge in [-0.05, 0) is 18.4 Å². The van der Waals surface area contributed by atoms with Crippen molar-refractivity contribution >= 4 is 6.09 Å². The van der Waals surface area contributed by atoms with E-state index in [0.717, 1.165) is 5.56 Å². The number of hydrogen-bond acceptors (Lipinski definition) is 3. The Bertz CT molecular complexity index is 360. The number of carbonyl (C=O) groups is 1. The van der Waals surface area contributed by atoms with Crippen LogP contribution in [-0.2, 0) is 16.1 Å². The largest absolute Gasteiger partial charge is 0.445 e. The highest BCUT2D eigenvalue weighted by molar-refractivity contribution is 5.67. The maximum Gasteiger partial charge on any atom is 0.407 e. The van der Waals surface area contributed by atoms with Gasteiger partial charge in [0, 0.05) is 6.54 Å². The van der Waals surface area contributed by atoms with E-state index in [4.69, 9.17) is 4.74 Å². The number of ether oxygens (including phenoxy) is 2. The maximum atomic E-state index is 11.6. The van der Waals surface area contributed by atoms with E-state index < -0.39 is 12.7 Å². The molecule has 0 heterocycles. The van der Waals surface area contributed by atoms with Crippen LogP contribution in [0.15, 0.2) is 30.3 Å². The summed E-state index contributed by atoms with van der Waals surface area (Å²) in [6, 6.07) is 9.31. The van der Waals surface area contributed by atoms with Gasteiger partial charge in [-0.15, -0.1) is 0 Å². The summed E-state index contributed by atoms with van der Waals surface area (Å²) < 4.78 is 32.3. The van der Waals surface area contributed by atoms with Crippen LogP contribution in [0.25, 0.3) is 0 Å². The van der Waals surface area contributed by atoms with Crippen molar-refractivity contribution in [2.24, 2.45) is 0 Å². The molecular weight excluding hydrogens is 256 g/mol. The van der Waals surface area contributed by atoms with E-state index in [0.29, 0.717) is 19.4 Å². The first-order valence-corrected chi connectivity index (χ1v) is 6.03. The number of alkyl halides is 2. The molecule has 0 aliphatic carbocycles. The number of alkyl carbamates (subject to hydrolysis) is 1. The molecular formula is C13H17F2NO3. The fourth-order valence-corrected chi connectivity index (χ4v) is 1.36. The van der Waals surface area contributed by atoms with Gasteiger partial charge in [-0.2, -0.15) is 8.78 Å². The number of unbranched alkanes of at least 4 members (excludes halogenated alkanes) is 1. The molecule has 0 radical (unpaired) electrons. The Labute approximate surface area is 110 Å². The zero-order valence-corrected chi connectivity index (χ0v) is 10.5. The van der Waals surface area contributed by atoms with Crippen molar-refractivity contribution in [1.29, 1.82) is 0 Å². The van der Waals surface area contributed by atoms with E-state index in [1.807, 2.05) is 30.3 Å². The quantitative estimate of drug-likeness (QED) is 0.741. The van der Waals surface area contributed by atoms with E-state index in [-0.39, 0.29) is 13.2 Å². The highest BCUT2D eigenvalue weighted by Crippen LogP contribution is 2.01. The van der Waals surface area contributed by atoms with Crippen LogP contribution >= 0.6 is 0 Å². The Morgan fingerprint density at radius 3 is 2.63 bits per heavy atom. The number of carbonyl (C=O) groups excluding carboxylic acids is 1. The number of hydrogen-bond donors (Lipinski definition) is 1. The Kier molecular flexibility index (Phi) is 7.50. The Morgan fingerprint density at radius 1 is 1.21 bits per heavy atom. The van der Waals surface area contributed by atoms with Crippen LogP contribution in [0.4, 0.5) is 13.6 Å².